The third kappa shape index (κ3) is 9.10. The predicted molar refractivity (Wildman–Crippen MR) is 103 cm³/mol. The summed E-state index contributed by atoms with van der Waals surface area (Å²) in [4.78, 5) is 16.6. The second kappa shape index (κ2) is 13.2. The van der Waals surface area contributed by atoms with Crippen LogP contribution in [0, 0.1) is 0 Å². The molecule has 0 radical (unpaired) electrons. The first-order chi connectivity index (χ1) is 12.2. The average molecular weight is 348 g/mol. The van der Waals surface area contributed by atoms with Crippen molar-refractivity contribution in [3.05, 3.63) is 35.4 Å². The molecular weight excluding hydrogens is 316 g/mol. The van der Waals surface area contributed by atoms with Gasteiger partial charge in [-0.3, -0.25) is 4.79 Å². The van der Waals surface area contributed by atoms with Gasteiger partial charge in [0.1, 0.15) is 0 Å². The van der Waals surface area contributed by atoms with Gasteiger partial charge in [-0.05, 0) is 44.4 Å². The minimum absolute atomic E-state index is 0.0337. The van der Waals surface area contributed by atoms with E-state index in [1.165, 1.54) is 0 Å². The fourth-order valence-electron chi connectivity index (χ4n) is 2.19. The van der Waals surface area contributed by atoms with E-state index in [9.17, 15) is 4.79 Å². The SMILES string of the molecule is CCCNC(=O)c1cccc(CN=C(NCC)NCCCOCC)c1. The second-order valence-electron chi connectivity index (χ2n) is 5.63. The lowest BCUT2D eigenvalue weighted by molar-refractivity contribution is 0.0953. The maximum absolute atomic E-state index is 12.0. The van der Waals surface area contributed by atoms with Gasteiger partial charge in [-0.1, -0.05) is 19.1 Å². The molecule has 0 saturated heterocycles. The first-order valence-corrected chi connectivity index (χ1v) is 9.18. The highest BCUT2D eigenvalue weighted by molar-refractivity contribution is 5.94. The summed E-state index contributed by atoms with van der Waals surface area (Å²) in [5.74, 6) is 0.744. The topological polar surface area (TPSA) is 74.8 Å². The lowest BCUT2D eigenvalue weighted by Gasteiger charge is -2.11. The van der Waals surface area contributed by atoms with Gasteiger partial charge < -0.3 is 20.7 Å². The van der Waals surface area contributed by atoms with Gasteiger partial charge in [-0.2, -0.15) is 0 Å². The second-order valence-corrected chi connectivity index (χ2v) is 5.63. The van der Waals surface area contributed by atoms with Crippen molar-refractivity contribution in [3.63, 3.8) is 0 Å². The van der Waals surface area contributed by atoms with E-state index in [1.807, 2.05) is 45.0 Å². The normalized spacial score (nSPS) is 11.2. The zero-order valence-electron chi connectivity index (χ0n) is 15.7. The molecule has 1 amide bonds. The maximum Gasteiger partial charge on any atom is 0.251 e. The lowest BCUT2D eigenvalue weighted by atomic mass is 10.1. The van der Waals surface area contributed by atoms with E-state index in [4.69, 9.17) is 4.74 Å². The van der Waals surface area contributed by atoms with Crippen LogP contribution in [0.25, 0.3) is 0 Å². The van der Waals surface area contributed by atoms with Crippen LogP contribution in [0.2, 0.25) is 0 Å². The minimum Gasteiger partial charge on any atom is -0.382 e. The fraction of sp³-hybridized carbons (Fsp3) is 0.579. The Hall–Kier alpha value is -2.08. The molecule has 6 nitrogen and oxygen atoms in total. The van der Waals surface area contributed by atoms with Gasteiger partial charge in [-0.25, -0.2) is 4.99 Å². The summed E-state index contributed by atoms with van der Waals surface area (Å²) >= 11 is 0. The molecule has 6 heteroatoms. The molecule has 0 spiro atoms. The number of amides is 1. The van der Waals surface area contributed by atoms with Gasteiger partial charge in [0, 0.05) is 38.4 Å². The summed E-state index contributed by atoms with van der Waals surface area (Å²) < 4.78 is 5.33. The Kier molecular flexibility index (Phi) is 11.1. The van der Waals surface area contributed by atoms with Crippen molar-refractivity contribution in [1.82, 2.24) is 16.0 Å². The van der Waals surface area contributed by atoms with Crippen molar-refractivity contribution >= 4 is 11.9 Å². The summed E-state index contributed by atoms with van der Waals surface area (Å²) in [6, 6.07) is 7.61. The Morgan fingerprint density at radius 3 is 2.68 bits per heavy atom. The van der Waals surface area contributed by atoms with Crippen LogP contribution in [0.1, 0.15) is 49.5 Å². The molecule has 0 aromatic heterocycles. The molecule has 0 unspecified atom stereocenters. The molecule has 0 aliphatic heterocycles. The predicted octanol–water partition coefficient (Wildman–Crippen LogP) is 2.31. The molecule has 0 saturated carbocycles. The van der Waals surface area contributed by atoms with Crippen LogP contribution in [0.5, 0.6) is 0 Å². The minimum atomic E-state index is -0.0337. The van der Waals surface area contributed by atoms with Crippen LogP contribution in [0.15, 0.2) is 29.3 Å². The summed E-state index contributed by atoms with van der Waals surface area (Å²) in [6.07, 6.45) is 1.86. The van der Waals surface area contributed by atoms with Crippen LogP contribution >= 0.6 is 0 Å². The van der Waals surface area contributed by atoms with E-state index < -0.39 is 0 Å². The molecule has 140 valence electrons. The molecule has 0 fully saturated rings. The molecule has 0 bridgehead atoms. The molecule has 3 N–H and O–H groups in total. The Morgan fingerprint density at radius 1 is 1.12 bits per heavy atom. The van der Waals surface area contributed by atoms with Crippen molar-refractivity contribution in [3.8, 4) is 0 Å². The number of benzene rings is 1. The van der Waals surface area contributed by atoms with Gasteiger partial charge in [0.05, 0.1) is 6.54 Å². The smallest absolute Gasteiger partial charge is 0.251 e. The van der Waals surface area contributed by atoms with Crippen LogP contribution in [-0.4, -0.2) is 44.7 Å². The molecule has 0 aliphatic carbocycles. The van der Waals surface area contributed by atoms with Crippen LogP contribution in [0.3, 0.4) is 0 Å². The van der Waals surface area contributed by atoms with Crippen LogP contribution in [-0.2, 0) is 11.3 Å². The zero-order valence-corrected chi connectivity index (χ0v) is 15.7. The van der Waals surface area contributed by atoms with Crippen molar-refractivity contribution in [2.75, 3.05) is 32.8 Å². The van der Waals surface area contributed by atoms with Gasteiger partial charge in [0.15, 0.2) is 5.96 Å². The monoisotopic (exact) mass is 348 g/mol. The zero-order chi connectivity index (χ0) is 18.3. The number of hydrogen-bond donors (Lipinski definition) is 3. The average Bonchev–Trinajstić information content (AvgIpc) is 2.64. The molecule has 1 rings (SSSR count). The highest BCUT2D eigenvalue weighted by atomic mass is 16.5. The number of carbonyl (C=O) groups excluding carboxylic acids is 1. The summed E-state index contributed by atoms with van der Waals surface area (Å²) in [5, 5.41) is 9.42. The van der Waals surface area contributed by atoms with Crippen molar-refractivity contribution in [2.24, 2.45) is 4.99 Å². The lowest BCUT2D eigenvalue weighted by Crippen LogP contribution is -2.38. The summed E-state index contributed by atoms with van der Waals surface area (Å²) in [7, 11) is 0. The van der Waals surface area contributed by atoms with Gasteiger partial charge in [0.25, 0.3) is 5.91 Å². The number of hydrogen-bond acceptors (Lipinski definition) is 3. The standard InChI is InChI=1S/C19H32N4O2/c1-4-11-21-18(24)17-10-7-9-16(14-17)15-23-19(20-5-2)22-12-8-13-25-6-3/h7,9-10,14H,4-6,8,11-13,15H2,1-3H3,(H,21,24)(H2,20,22,23). The van der Waals surface area contributed by atoms with E-state index in [1.54, 1.807) is 0 Å². The van der Waals surface area contributed by atoms with Crippen molar-refractivity contribution in [2.45, 2.75) is 40.2 Å². The number of nitrogens with zero attached hydrogens (tertiary/aromatic N) is 1. The maximum atomic E-state index is 12.0. The number of aliphatic imine (C=N–C) groups is 1. The number of carbonyl (C=O) groups is 1. The highest BCUT2D eigenvalue weighted by Gasteiger charge is 2.05. The summed E-state index contributed by atoms with van der Waals surface area (Å²) in [6.45, 7) is 10.4. The Labute approximate surface area is 151 Å². The van der Waals surface area contributed by atoms with Crippen LogP contribution in [0.4, 0.5) is 0 Å². The van der Waals surface area contributed by atoms with Gasteiger partial charge >= 0.3 is 0 Å². The third-order valence-corrected chi connectivity index (χ3v) is 3.45. The van der Waals surface area contributed by atoms with Crippen molar-refractivity contribution in [1.29, 1.82) is 0 Å². The molecular formula is C19H32N4O2. The molecule has 0 heterocycles. The van der Waals surface area contributed by atoms with E-state index in [-0.39, 0.29) is 5.91 Å². The fourth-order valence-corrected chi connectivity index (χ4v) is 2.19. The first-order valence-electron chi connectivity index (χ1n) is 9.18. The van der Waals surface area contributed by atoms with Gasteiger partial charge in [0.2, 0.25) is 0 Å². The van der Waals surface area contributed by atoms with E-state index in [0.717, 1.165) is 50.7 Å². The number of rotatable bonds is 11. The summed E-state index contributed by atoms with van der Waals surface area (Å²) in [5.41, 5.74) is 1.69. The van der Waals surface area contributed by atoms with Crippen molar-refractivity contribution < 1.29 is 9.53 Å². The number of guanidine groups is 1. The molecule has 0 atom stereocenters. The Morgan fingerprint density at radius 2 is 1.96 bits per heavy atom. The molecule has 0 aliphatic rings. The largest absolute Gasteiger partial charge is 0.382 e. The van der Waals surface area contributed by atoms with Gasteiger partial charge in [-0.15, -0.1) is 0 Å². The Bertz CT molecular complexity index is 532. The van der Waals surface area contributed by atoms with E-state index in [2.05, 4.69) is 20.9 Å². The van der Waals surface area contributed by atoms with E-state index >= 15 is 0 Å². The van der Waals surface area contributed by atoms with Crippen LogP contribution < -0.4 is 16.0 Å². The number of ether oxygens (including phenoxy) is 1. The third-order valence-electron chi connectivity index (χ3n) is 3.45. The Balaban J connectivity index is 2.58. The molecule has 1 aromatic rings. The molecule has 1 aromatic carbocycles. The highest BCUT2D eigenvalue weighted by Crippen LogP contribution is 2.07. The molecule has 25 heavy (non-hydrogen) atoms. The van der Waals surface area contributed by atoms with E-state index in [0.29, 0.717) is 18.7 Å². The quantitative estimate of drug-likeness (QED) is 0.326. The number of nitrogens with one attached hydrogen (secondary N) is 3. The first kappa shape index (κ1) is 21.0.